The lowest BCUT2D eigenvalue weighted by atomic mass is 10.1. The summed E-state index contributed by atoms with van der Waals surface area (Å²) in [7, 11) is 0. The average molecular weight is 556 g/mol. The molecule has 0 spiro atoms. The van der Waals surface area contributed by atoms with Crippen LogP contribution in [0.2, 0.25) is 0 Å². The molecule has 3 aromatic rings. The van der Waals surface area contributed by atoms with Gasteiger partial charge >= 0.3 is 0 Å². The Balaban J connectivity index is 1.50. The Morgan fingerprint density at radius 2 is 1.74 bits per heavy atom. The summed E-state index contributed by atoms with van der Waals surface area (Å²) >= 11 is 4.46. The third-order valence-electron chi connectivity index (χ3n) is 5.27. The summed E-state index contributed by atoms with van der Waals surface area (Å²) in [6, 6.07) is 19.4. The van der Waals surface area contributed by atoms with Crippen molar-refractivity contribution in [2.24, 2.45) is 0 Å². The van der Waals surface area contributed by atoms with Crippen LogP contribution in [-0.4, -0.2) is 29.2 Å². The van der Waals surface area contributed by atoms with E-state index >= 15 is 0 Å². The van der Waals surface area contributed by atoms with Gasteiger partial charge in [0, 0.05) is 6.54 Å². The van der Waals surface area contributed by atoms with E-state index in [2.05, 4.69) is 15.9 Å². The van der Waals surface area contributed by atoms with Crippen LogP contribution < -0.4 is 9.47 Å². The first-order valence-corrected chi connectivity index (χ1v) is 12.7. The molecule has 1 fully saturated rings. The third-order valence-corrected chi connectivity index (χ3v) is 6.76. The first kappa shape index (κ1) is 25.0. The van der Waals surface area contributed by atoms with Gasteiger partial charge in [-0.2, -0.15) is 0 Å². The van der Waals surface area contributed by atoms with Crippen LogP contribution in [0.1, 0.15) is 23.6 Å². The Morgan fingerprint density at radius 3 is 2.46 bits per heavy atom. The second kappa shape index (κ2) is 11.6. The number of imide groups is 1. The van der Waals surface area contributed by atoms with Gasteiger partial charge in [0.2, 0.25) is 0 Å². The maximum atomic E-state index is 13.2. The van der Waals surface area contributed by atoms with Crippen LogP contribution in [0, 0.1) is 5.82 Å². The minimum Gasteiger partial charge on any atom is -0.490 e. The number of hydrogen-bond donors (Lipinski definition) is 0. The van der Waals surface area contributed by atoms with E-state index in [1.165, 1.54) is 17.0 Å². The van der Waals surface area contributed by atoms with E-state index in [4.69, 9.17) is 9.47 Å². The number of benzene rings is 3. The molecule has 0 unspecified atom stereocenters. The molecule has 1 aliphatic heterocycles. The summed E-state index contributed by atoms with van der Waals surface area (Å²) in [4.78, 5) is 27.0. The van der Waals surface area contributed by atoms with E-state index in [0.717, 1.165) is 22.9 Å². The Morgan fingerprint density at radius 1 is 1.00 bits per heavy atom. The van der Waals surface area contributed by atoms with Gasteiger partial charge in [-0.1, -0.05) is 42.5 Å². The molecule has 0 aliphatic carbocycles. The molecule has 4 rings (SSSR count). The van der Waals surface area contributed by atoms with Crippen molar-refractivity contribution < 1.29 is 23.5 Å². The highest BCUT2D eigenvalue weighted by molar-refractivity contribution is 9.10. The van der Waals surface area contributed by atoms with Gasteiger partial charge in [0.15, 0.2) is 11.5 Å². The Kier molecular flexibility index (Phi) is 8.25. The van der Waals surface area contributed by atoms with Crippen molar-refractivity contribution in [2.75, 3.05) is 13.2 Å². The molecule has 0 atom stereocenters. The predicted molar refractivity (Wildman–Crippen MR) is 139 cm³/mol. The van der Waals surface area contributed by atoms with E-state index < -0.39 is 0 Å². The third kappa shape index (κ3) is 6.32. The smallest absolute Gasteiger partial charge is 0.293 e. The van der Waals surface area contributed by atoms with Crippen LogP contribution in [0.25, 0.3) is 6.08 Å². The fraction of sp³-hybridized carbons (Fsp3) is 0.185. The van der Waals surface area contributed by atoms with Gasteiger partial charge < -0.3 is 9.47 Å². The predicted octanol–water partition coefficient (Wildman–Crippen LogP) is 6.84. The number of ether oxygens (including phenoxy) is 2. The normalized spacial score (nSPS) is 14.6. The Hall–Kier alpha value is -3.10. The highest BCUT2D eigenvalue weighted by Crippen LogP contribution is 2.39. The monoisotopic (exact) mass is 555 g/mol. The molecule has 0 radical (unpaired) electrons. The molecular formula is C27H23BrFNO4S. The minimum absolute atomic E-state index is 0.235. The van der Waals surface area contributed by atoms with Crippen LogP contribution in [-0.2, 0) is 17.8 Å². The van der Waals surface area contributed by atoms with Gasteiger partial charge in [-0.3, -0.25) is 14.5 Å². The molecule has 35 heavy (non-hydrogen) atoms. The van der Waals surface area contributed by atoms with Crippen LogP contribution in [0.5, 0.6) is 11.5 Å². The molecule has 8 heteroatoms. The van der Waals surface area contributed by atoms with Crippen molar-refractivity contribution in [1.82, 2.24) is 4.90 Å². The molecule has 3 aromatic carbocycles. The van der Waals surface area contributed by atoms with Gasteiger partial charge in [0.25, 0.3) is 11.1 Å². The number of carbonyl (C=O) groups excluding carboxylic acids is 2. The molecule has 0 aromatic heterocycles. The zero-order valence-electron chi connectivity index (χ0n) is 19.0. The molecule has 1 aliphatic rings. The highest BCUT2D eigenvalue weighted by atomic mass is 79.9. The number of thioether (sulfide) groups is 1. The molecule has 1 saturated heterocycles. The van der Waals surface area contributed by atoms with Gasteiger partial charge in [-0.05, 0) is 88.1 Å². The lowest BCUT2D eigenvalue weighted by Crippen LogP contribution is -2.30. The van der Waals surface area contributed by atoms with Crippen LogP contribution in [0.15, 0.2) is 76.1 Å². The lowest BCUT2D eigenvalue weighted by molar-refractivity contribution is -0.122. The van der Waals surface area contributed by atoms with Crippen LogP contribution in [0.3, 0.4) is 0 Å². The van der Waals surface area contributed by atoms with Crippen LogP contribution >= 0.6 is 27.7 Å². The summed E-state index contributed by atoms with van der Waals surface area (Å²) in [6.07, 6.45) is 2.29. The van der Waals surface area contributed by atoms with Gasteiger partial charge in [-0.25, -0.2) is 4.39 Å². The SMILES string of the molecule is CCOc1cc(/C=C2\SC(=O)N(CCc3ccccc3)C2=O)cc(Br)c1OCc1ccc(F)cc1. The fourth-order valence-electron chi connectivity index (χ4n) is 3.54. The topological polar surface area (TPSA) is 55.8 Å². The van der Waals surface area contributed by atoms with Crippen LogP contribution in [0.4, 0.5) is 9.18 Å². The van der Waals surface area contributed by atoms with E-state index in [1.54, 1.807) is 30.3 Å². The molecular weight excluding hydrogens is 533 g/mol. The number of halogens is 2. The van der Waals surface area contributed by atoms with E-state index in [0.29, 0.717) is 46.0 Å². The number of nitrogens with zero attached hydrogens (tertiary/aromatic N) is 1. The van der Waals surface area contributed by atoms with Crippen molar-refractivity contribution in [3.8, 4) is 11.5 Å². The molecule has 180 valence electrons. The van der Waals surface area contributed by atoms with Crippen molar-refractivity contribution in [3.63, 3.8) is 0 Å². The summed E-state index contributed by atoms with van der Waals surface area (Å²) in [5.41, 5.74) is 2.58. The maximum Gasteiger partial charge on any atom is 0.293 e. The Bertz CT molecular complexity index is 1250. The maximum absolute atomic E-state index is 13.2. The summed E-state index contributed by atoms with van der Waals surface area (Å²) < 4.78 is 25.5. The van der Waals surface area contributed by atoms with Crippen molar-refractivity contribution in [3.05, 3.63) is 98.6 Å². The van der Waals surface area contributed by atoms with Crippen molar-refractivity contribution in [1.29, 1.82) is 0 Å². The van der Waals surface area contributed by atoms with Gasteiger partial charge in [0.05, 0.1) is 16.0 Å². The highest BCUT2D eigenvalue weighted by Gasteiger charge is 2.34. The van der Waals surface area contributed by atoms with Crippen molar-refractivity contribution in [2.45, 2.75) is 20.0 Å². The van der Waals surface area contributed by atoms with E-state index in [9.17, 15) is 14.0 Å². The molecule has 1 heterocycles. The summed E-state index contributed by atoms with van der Waals surface area (Å²) in [5, 5.41) is -0.277. The second-order valence-electron chi connectivity index (χ2n) is 7.75. The fourth-order valence-corrected chi connectivity index (χ4v) is 4.98. The van der Waals surface area contributed by atoms with Gasteiger partial charge in [-0.15, -0.1) is 0 Å². The first-order valence-electron chi connectivity index (χ1n) is 11.1. The molecule has 0 bridgehead atoms. The number of hydrogen-bond acceptors (Lipinski definition) is 5. The summed E-state index contributed by atoms with van der Waals surface area (Å²) in [6.45, 7) is 2.84. The van der Waals surface area contributed by atoms with Crippen molar-refractivity contribution >= 4 is 44.9 Å². The lowest BCUT2D eigenvalue weighted by Gasteiger charge is -2.15. The van der Waals surface area contributed by atoms with E-state index in [1.807, 2.05) is 37.3 Å². The standard InChI is InChI=1S/C27H23BrFNO4S/c1-2-33-23-15-20(14-22(28)25(23)34-17-19-8-10-21(29)11-9-19)16-24-26(31)30(27(32)35-24)13-12-18-6-4-3-5-7-18/h3-11,14-16H,2,12-13,17H2,1H3/b24-16-. The largest absolute Gasteiger partial charge is 0.490 e. The number of carbonyl (C=O) groups is 2. The summed E-state index contributed by atoms with van der Waals surface area (Å²) in [5.74, 6) is 0.392. The van der Waals surface area contributed by atoms with E-state index in [-0.39, 0.29) is 23.6 Å². The van der Waals surface area contributed by atoms with Gasteiger partial charge in [0.1, 0.15) is 12.4 Å². The molecule has 0 saturated carbocycles. The second-order valence-corrected chi connectivity index (χ2v) is 9.59. The molecule has 5 nitrogen and oxygen atoms in total. The molecule has 2 amide bonds. The minimum atomic E-state index is -0.307. The quantitative estimate of drug-likeness (QED) is 0.270. The average Bonchev–Trinajstić information content (AvgIpc) is 3.11. The number of amides is 2. The zero-order chi connectivity index (χ0) is 24.8. The zero-order valence-corrected chi connectivity index (χ0v) is 21.4. The Labute approximate surface area is 216 Å². The number of rotatable bonds is 9. The first-order chi connectivity index (χ1) is 16.9. The molecule has 0 N–H and O–H groups in total.